The standard InChI is InChI=1S/C21H24N4S/c1-2-6-17-15-18(10-9-16(17)5-1)20-22-23-21(26-20)25-13-11-24(12-14-25)19-7-3-4-8-19/h1-2,5-6,9-10,15,19H,3-4,7-8,11-14H2. The van der Waals surface area contributed by atoms with Crippen molar-refractivity contribution in [3.8, 4) is 10.6 Å². The van der Waals surface area contributed by atoms with E-state index >= 15 is 0 Å². The zero-order chi connectivity index (χ0) is 17.3. The lowest BCUT2D eigenvalue weighted by Crippen LogP contribution is -2.49. The van der Waals surface area contributed by atoms with Gasteiger partial charge < -0.3 is 4.90 Å². The maximum Gasteiger partial charge on any atom is 0.208 e. The van der Waals surface area contributed by atoms with E-state index in [-0.39, 0.29) is 0 Å². The van der Waals surface area contributed by atoms with Gasteiger partial charge in [-0.05, 0) is 29.7 Å². The Hall–Kier alpha value is -1.98. The first-order chi connectivity index (χ1) is 12.9. The van der Waals surface area contributed by atoms with Crippen molar-refractivity contribution in [2.24, 2.45) is 0 Å². The predicted molar refractivity (Wildman–Crippen MR) is 109 cm³/mol. The van der Waals surface area contributed by atoms with Crippen molar-refractivity contribution in [3.63, 3.8) is 0 Å². The van der Waals surface area contributed by atoms with E-state index in [2.05, 4.69) is 62.5 Å². The molecule has 26 heavy (non-hydrogen) atoms. The van der Waals surface area contributed by atoms with Crippen LogP contribution in [0.4, 0.5) is 5.13 Å². The quantitative estimate of drug-likeness (QED) is 0.688. The van der Waals surface area contributed by atoms with E-state index in [1.807, 2.05) is 0 Å². The molecule has 0 radical (unpaired) electrons. The molecule has 0 atom stereocenters. The summed E-state index contributed by atoms with van der Waals surface area (Å²) in [6.07, 6.45) is 5.61. The Balaban J connectivity index is 1.30. The van der Waals surface area contributed by atoms with Crippen molar-refractivity contribution < 1.29 is 0 Å². The number of hydrogen-bond acceptors (Lipinski definition) is 5. The Bertz CT molecular complexity index is 892. The molecule has 2 aliphatic rings. The van der Waals surface area contributed by atoms with Crippen LogP contribution in [0, 0.1) is 0 Å². The van der Waals surface area contributed by atoms with Crippen molar-refractivity contribution in [2.75, 3.05) is 31.1 Å². The third-order valence-electron chi connectivity index (χ3n) is 5.84. The van der Waals surface area contributed by atoms with Gasteiger partial charge in [0.25, 0.3) is 0 Å². The third kappa shape index (κ3) is 3.10. The van der Waals surface area contributed by atoms with Crippen LogP contribution >= 0.6 is 11.3 Å². The predicted octanol–water partition coefficient (Wildman–Crippen LogP) is 4.42. The number of piperazine rings is 1. The van der Waals surface area contributed by atoms with E-state index in [0.29, 0.717) is 0 Å². The van der Waals surface area contributed by atoms with Crippen LogP contribution in [-0.4, -0.2) is 47.3 Å². The second kappa shape index (κ2) is 6.97. The smallest absolute Gasteiger partial charge is 0.208 e. The lowest BCUT2D eigenvalue weighted by Gasteiger charge is -2.37. The molecule has 1 saturated carbocycles. The van der Waals surface area contributed by atoms with Gasteiger partial charge in [-0.3, -0.25) is 4.90 Å². The highest BCUT2D eigenvalue weighted by atomic mass is 32.1. The number of hydrogen-bond donors (Lipinski definition) is 0. The summed E-state index contributed by atoms with van der Waals surface area (Å²) in [5.74, 6) is 0. The molecule has 0 N–H and O–H groups in total. The fourth-order valence-corrected chi connectivity index (χ4v) is 5.22. The van der Waals surface area contributed by atoms with Crippen molar-refractivity contribution >= 4 is 27.2 Å². The minimum absolute atomic E-state index is 0.833. The molecule has 2 aromatic carbocycles. The van der Waals surface area contributed by atoms with E-state index in [1.54, 1.807) is 11.3 Å². The van der Waals surface area contributed by atoms with Gasteiger partial charge in [0.2, 0.25) is 5.13 Å². The normalized spacial score (nSPS) is 19.5. The number of benzene rings is 2. The number of rotatable bonds is 3. The van der Waals surface area contributed by atoms with Gasteiger partial charge in [-0.15, -0.1) is 10.2 Å². The maximum atomic E-state index is 4.49. The molecule has 134 valence electrons. The minimum Gasteiger partial charge on any atom is -0.344 e. The molecule has 1 aliphatic carbocycles. The van der Waals surface area contributed by atoms with Crippen LogP contribution in [0.2, 0.25) is 0 Å². The van der Waals surface area contributed by atoms with Crippen LogP contribution < -0.4 is 4.90 Å². The highest BCUT2D eigenvalue weighted by Crippen LogP contribution is 2.32. The SMILES string of the molecule is c1ccc2cc(-c3nnc(N4CCN(C5CCCC5)CC4)s3)ccc2c1. The lowest BCUT2D eigenvalue weighted by atomic mass is 10.1. The molecule has 4 nitrogen and oxygen atoms in total. The maximum absolute atomic E-state index is 4.49. The van der Waals surface area contributed by atoms with Crippen LogP contribution in [0.5, 0.6) is 0 Å². The molecule has 1 aliphatic heterocycles. The summed E-state index contributed by atoms with van der Waals surface area (Å²) in [5.41, 5.74) is 1.16. The Morgan fingerprint density at radius 1 is 0.846 bits per heavy atom. The molecule has 0 unspecified atom stereocenters. The van der Waals surface area contributed by atoms with E-state index in [9.17, 15) is 0 Å². The van der Waals surface area contributed by atoms with E-state index in [1.165, 1.54) is 36.5 Å². The molecule has 3 aromatic rings. The summed E-state index contributed by atoms with van der Waals surface area (Å²) in [6.45, 7) is 4.47. The molecule has 5 rings (SSSR count). The molecule has 1 aromatic heterocycles. The molecule has 5 heteroatoms. The van der Waals surface area contributed by atoms with Crippen molar-refractivity contribution in [1.82, 2.24) is 15.1 Å². The molecule has 0 amide bonds. The zero-order valence-corrected chi connectivity index (χ0v) is 15.8. The number of anilines is 1. The first-order valence-corrected chi connectivity index (χ1v) is 10.5. The lowest BCUT2D eigenvalue weighted by molar-refractivity contribution is 0.187. The van der Waals surface area contributed by atoms with Crippen LogP contribution in [0.15, 0.2) is 42.5 Å². The summed E-state index contributed by atoms with van der Waals surface area (Å²) in [5, 5.41) is 13.6. The third-order valence-corrected chi connectivity index (χ3v) is 6.87. The fraction of sp³-hybridized carbons (Fsp3) is 0.429. The average Bonchev–Trinajstić information content (AvgIpc) is 3.40. The summed E-state index contributed by atoms with van der Waals surface area (Å²) in [6, 6.07) is 15.9. The van der Waals surface area contributed by atoms with Gasteiger partial charge in [-0.2, -0.15) is 0 Å². The molecular weight excluding hydrogens is 340 g/mol. The van der Waals surface area contributed by atoms with Gasteiger partial charge in [0, 0.05) is 37.8 Å². The van der Waals surface area contributed by atoms with Gasteiger partial charge in [0.05, 0.1) is 0 Å². The largest absolute Gasteiger partial charge is 0.344 e. The molecule has 1 saturated heterocycles. The summed E-state index contributed by atoms with van der Waals surface area (Å²) < 4.78 is 0. The van der Waals surface area contributed by atoms with Gasteiger partial charge in [0.1, 0.15) is 5.01 Å². The van der Waals surface area contributed by atoms with E-state index in [0.717, 1.165) is 47.9 Å². The Morgan fingerprint density at radius 3 is 2.42 bits per heavy atom. The summed E-state index contributed by atoms with van der Waals surface area (Å²) in [7, 11) is 0. The topological polar surface area (TPSA) is 32.3 Å². The molecule has 2 heterocycles. The first-order valence-electron chi connectivity index (χ1n) is 9.68. The molecule has 2 fully saturated rings. The first kappa shape index (κ1) is 16.2. The molecule has 0 bridgehead atoms. The fourth-order valence-electron chi connectivity index (χ4n) is 4.33. The van der Waals surface area contributed by atoms with E-state index < -0.39 is 0 Å². The molecular formula is C21H24N4S. The van der Waals surface area contributed by atoms with Crippen molar-refractivity contribution in [3.05, 3.63) is 42.5 Å². The average molecular weight is 365 g/mol. The van der Waals surface area contributed by atoms with Gasteiger partial charge in [-0.1, -0.05) is 60.6 Å². The second-order valence-corrected chi connectivity index (χ2v) is 8.37. The van der Waals surface area contributed by atoms with E-state index in [4.69, 9.17) is 0 Å². The second-order valence-electron chi connectivity index (χ2n) is 7.41. The van der Waals surface area contributed by atoms with Crippen molar-refractivity contribution in [1.29, 1.82) is 0 Å². The van der Waals surface area contributed by atoms with Gasteiger partial charge in [-0.25, -0.2) is 0 Å². The minimum atomic E-state index is 0.833. The van der Waals surface area contributed by atoms with Crippen LogP contribution in [0.25, 0.3) is 21.3 Å². The number of fused-ring (bicyclic) bond motifs is 1. The van der Waals surface area contributed by atoms with Gasteiger partial charge in [0.15, 0.2) is 0 Å². The molecule has 0 spiro atoms. The Morgan fingerprint density at radius 2 is 1.62 bits per heavy atom. The Labute approximate surface area is 158 Å². The number of aromatic nitrogens is 2. The monoisotopic (exact) mass is 364 g/mol. The van der Waals surface area contributed by atoms with Crippen LogP contribution in [0.3, 0.4) is 0 Å². The highest BCUT2D eigenvalue weighted by molar-refractivity contribution is 7.18. The van der Waals surface area contributed by atoms with Gasteiger partial charge >= 0.3 is 0 Å². The van der Waals surface area contributed by atoms with Crippen LogP contribution in [0.1, 0.15) is 25.7 Å². The Kier molecular flexibility index (Phi) is 4.35. The van der Waals surface area contributed by atoms with Crippen LogP contribution in [-0.2, 0) is 0 Å². The summed E-state index contributed by atoms with van der Waals surface area (Å²) in [4.78, 5) is 5.10. The zero-order valence-electron chi connectivity index (χ0n) is 15.0. The van der Waals surface area contributed by atoms with Crippen molar-refractivity contribution in [2.45, 2.75) is 31.7 Å². The summed E-state index contributed by atoms with van der Waals surface area (Å²) >= 11 is 1.72. The highest BCUT2D eigenvalue weighted by Gasteiger charge is 2.27. The number of nitrogens with zero attached hydrogens (tertiary/aromatic N) is 4.